The predicted molar refractivity (Wildman–Crippen MR) is 64.8 cm³/mol. The molecule has 0 fully saturated rings. The van der Waals surface area contributed by atoms with E-state index in [0.29, 0.717) is 0 Å². The van der Waals surface area contributed by atoms with Gasteiger partial charge >= 0.3 is 0 Å². The van der Waals surface area contributed by atoms with Gasteiger partial charge in [0.15, 0.2) is 0 Å². The summed E-state index contributed by atoms with van der Waals surface area (Å²) in [6, 6.07) is 5.07. The molecule has 0 aliphatic heterocycles. The lowest BCUT2D eigenvalue weighted by Gasteiger charge is -2.05. The van der Waals surface area contributed by atoms with Crippen molar-refractivity contribution in [3.63, 3.8) is 0 Å². The molecule has 0 atom stereocenters. The van der Waals surface area contributed by atoms with Crippen LogP contribution >= 0.6 is 11.6 Å². The monoisotopic (exact) mass is 265 g/mol. The number of nitrogens with one attached hydrogen (secondary N) is 1. The van der Waals surface area contributed by atoms with E-state index < -0.39 is 5.91 Å². The van der Waals surface area contributed by atoms with Gasteiger partial charge in [-0.05, 0) is 24.3 Å². The van der Waals surface area contributed by atoms with E-state index in [2.05, 4.69) is 15.3 Å². The number of amides is 1. The first-order valence-electron chi connectivity index (χ1n) is 4.88. The minimum atomic E-state index is -0.648. The van der Waals surface area contributed by atoms with Crippen molar-refractivity contribution in [2.75, 3.05) is 5.32 Å². The molecule has 0 aliphatic carbocycles. The topological polar surface area (TPSA) is 95.3 Å². The number of anilines is 1. The van der Waals surface area contributed by atoms with Gasteiger partial charge in [-0.2, -0.15) is 0 Å². The van der Waals surface area contributed by atoms with Crippen LogP contribution in [0.2, 0.25) is 5.15 Å². The van der Waals surface area contributed by atoms with Gasteiger partial charge in [-0.15, -0.1) is 0 Å². The summed E-state index contributed by atoms with van der Waals surface area (Å²) in [7, 11) is 0. The summed E-state index contributed by atoms with van der Waals surface area (Å²) in [4.78, 5) is 19.3. The molecule has 1 amide bonds. The molecule has 0 spiro atoms. The van der Waals surface area contributed by atoms with E-state index in [4.69, 9.17) is 11.6 Å². The molecular weight excluding hydrogens is 258 g/mol. The number of rotatable bonds is 2. The van der Waals surface area contributed by atoms with E-state index in [1.807, 2.05) is 0 Å². The minimum Gasteiger partial charge on any atom is -0.508 e. The molecule has 6 nitrogen and oxygen atoms in total. The van der Waals surface area contributed by atoms with Crippen molar-refractivity contribution in [1.29, 1.82) is 0 Å². The lowest BCUT2D eigenvalue weighted by Crippen LogP contribution is -2.14. The van der Waals surface area contributed by atoms with Gasteiger partial charge in [-0.1, -0.05) is 11.6 Å². The number of phenols is 2. The van der Waals surface area contributed by atoms with Crippen LogP contribution in [-0.4, -0.2) is 26.1 Å². The van der Waals surface area contributed by atoms with E-state index in [0.717, 1.165) is 6.07 Å². The Morgan fingerprint density at radius 3 is 2.78 bits per heavy atom. The third-order valence-electron chi connectivity index (χ3n) is 2.07. The van der Waals surface area contributed by atoms with Crippen molar-refractivity contribution in [2.24, 2.45) is 0 Å². The lowest BCUT2D eigenvalue weighted by atomic mass is 10.2. The molecule has 0 unspecified atom stereocenters. The van der Waals surface area contributed by atoms with E-state index >= 15 is 0 Å². The standard InChI is InChI=1S/C11H8ClN3O3/c12-9-3-4-13-11(14-9)15-10(18)7-5-6(16)1-2-8(7)17/h1-5,16-17H,(H,13,14,15,18). The fourth-order valence-corrected chi connectivity index (χ4v) is 1.41. The Kier molecular flexibility index (Phi) is 3.29. The SMILES string of the molecule is O=C(Nc1nccc(Cl)n1)c1cc(O)ccc1O. The quantitative estimate of drug-likeness (QED) is 0.568. The molecule has 2 aromatic rings. The molecule has 1 heterocycles. The van der Waals surface area contributed by atoms with E-state index in [1.54, 1.807) is 0 Å². The normalized spacial score (nSPS) is 10.1. The highest BCUT2D eigenvalue weighted by Crippen LogP contribution is 2.22. The molecular formula is C11H8ClN3O3. The van der Waals surface area contributed by atoms with Crippen molar-refractivity contribution in [3.05, 3.63) is 41.2 Å². The zero-order valence-corrected chi connectivity index (χ0v) is 9.72. The molecule has 3 N–H and O–H groups in total. The molecule has 2 rings (SSSR count). The molecule has 7 heteroatoms. The molecule has 0 saturated heterocycles. The zero-order chi connectivity index (χ0) is 13.1. The number of nitrogens with zero attached hydrogens (tertiary/aromatic N) is 2. The molecule has 0 bridgehead atoms. The van der Waals surface area contributed by atoms with Gasteiger partial charge in [0.2, 0.25) is 5.95 Å². The highest BCUT2D eigenvalue weighted by Gasteiger charge is 2.13. The summed E-state index contributed by atoms with van der Waals surface area (Å²) in [5, 5.41) is 21.3. The average Bonchev–Trinajstić information content (AvgIpc) is 2.32. The number of benzene rings is 1. The van der Waals surface area contributed by atoms with E-state index in [-0.39, 0.29) is 28.2 Å². The molecule has 1 aromatic carbocycles. The molecule has 0 radical (unpaired) electrons. The average molecular weight is 266 g/mol. The number of aromatic hydroxyl groups is 2. The van der Waals surface area contributed by atoms with Crippen molar-refractivity contribution in [3.8, 4) is 11.5 Å². The lowest BCUT2D eigenvalue weighted by molar-refractivity contribution is 0.102. The van der Waals surface area contributed by atoms with Crippen LogP contribution in [-0.2, 0) is 0 Å². The van der Waals surface area contributed by atoms with Crippen LogP contribution in [0.4, 0.5) is 5.95 Å². The van der Waals surface area contributed by atoms with E-state index in [9.17, 15) is 15.0 Å². The number of hydrogen-bond acceptors (Lipinski definition) is 5. The van der Waals surface area contributed by atoms with Crippen LogP contribution in [0.1, 0.15) is 10.4 Å². The first kappa shape index (κ1) is 12.1. The maximum atomic E-state index is 11.8. The fourth-order valence-electron chi connectivity index (χ4n) is 1.27. The van der Waals surface area contributed by atoms with Crippen molar-refractivity contribution in [1.82, 2.24) is 9.97 Å². The van der Waals surface area contributed by atoms with Crippen LogP contribution in [0.15, 0.2) is 30.5 Å². The Balaban J connectivity index is 2.24. The van der Waals surface area contributed by atoms with Gasteiger partial charge in [-0.3, -0.25) is 10.1 Å². The summed E-state index contributed by atoms with van der Waals surface area (Å²) in [6.07, 6.45) is 1.38. The smallest absolute Gasteiger partial charge is 0.261 e. The maximum absolute atomic E-state index is 11.8. The third kappa shape index (κ3) is 2.67. The summed E-state index contributed by atoms with van der Waals surface area (Å²) >= 11 is 5.64. The summed E-state index contributed by atoms with van der Waals surface area (Å²) in [6.45, 7) is 0. The predicted octanol–water partition coefficient (Wildman–Crippen LogP) is 1.79. The Labute approximate surface area is 107 Å². The van der Waals surface area contributed by atoms with Crippen LogP contribution < -0.4 is 5.32 Å². The zero-order valence-electron chi connectivity index (χ0n) is 8.96. The largest absolute Gasteiger partial charge is 0.508 e. The highest BCUT2D eigenvalue weighted by atomic mass is 35.5. The summed E-state index contributed by atoms with van der Waals surface area (Å²) in [5.41, 5.74) is -0.0847. The minimum absolute atomic E-state index is 0.00948. The highest BCUT2D eigenvalue weighted by molar-refractivity contribution is 6.29. The van der Waals surface area contributed by atoms with Gasteiger partial charge in [0.1, 0.15) is 16.7 Å². The van der Waals surface area contributed by atoms with Gasteiger partial charge in [0.25, 0.3) is 5.91 Å². The summed E-state index contributed by atoms with van der Waals surface area (Å²) < 4.78 is 0. The summed E-state index contributed by atoms with van der Waals surface area (Å²) in [5.74, 6) is -1.03. The van der Waals surface area contributed by atoms with Gasteiger partial charge < -0.3 is 10.2 Å². The van der Waals surface area contributed by atoms with Gasteiger partial charge in [-0.25, -0.2) is 9.97 Å². The maximum Gasteiger partial charge on any atom is 0.261 e. The molecule has 1 aromatic heterocycles. The van der Waals surface area contributed by atoms with Crippen LogP contribution in [0.25, 0.3) is 0 Å². The number of halogens is 1. The van der Waals surface area contributed by atoms with Crippen molar-refractivity contribution < 1.29 is 15.0 Å². The van der Waals surface area contributed by atoms with Crippen LogP contribution in [0, 0.1) is 0 Å². The second-order valence-corrected chi connectivity index (χ2v) is 3.75. The molecule has 18 heavy (non-hydrogen) atoms. The molecule has 92 valence electrons. The molecule has 0 aliphatic rings. The van der Waals surface area contributed by atoms with Gasteiger partial charge in [0, 0.05) is 6.20 Å². The first-order valence-corrected chi connectivity index (χ1v) is 5.26. The molecule has 0 saturated carbocycles. The van der Waals surface area contributed by atoms with Crippen LogP contribution in [0.3, 0.4) is 0 Å². The number of carbonyl (C=O) groups is 1. The second kappa shape index (κ2) is 4.89. The third-order valence-corrected chi connectivity index (χ3v) is 2.28. The Morgan fingerprint density at radius 1 is 1.28 bits per heavy atom. The fraction of sp³-hybridized carbons (Fsp3) is 0. The Morgan fingerprint density at radius 2 is 2.06 bits per heavy atom. The first-order chi connectivity index (χ1) is 8.56. The number of carbonyl (C=O) groups excluding carboxylic acids is 1. The van der Waals surface area contributed by atoms with Crippen LogP contribution in [0.5, 0.6) is 11.5 Å². The Hall–Kier alpha value is -2.34. The number of hydrogen-bond donors (Lipinski definition) is 3. The number of aromatic nitrogens is 2. The van der Waals surface area contributed by atoms with Gasteiger partial charge in [0.05, 0.1) is 5.56 Å². The van der Waals surface area contributed by atoms with Crippen molar-refractivity contribution >= 4 is 23.5 Å². The van der Waals surface area contributed by atoms with Crippen molar-refractivity contribution in [2.45, 2.75) is 0 Å². The second-order valence-electron chi connectivity index (χ2n) is 3.36. The number of phenolic OH excluding ortho intramolecular Hbond substituents is 2. The Bertz CT molecular complexity index is 604. The van der Waals surface area contributed by atoms with E-state index in [1.165, 1.54) is 24.4 Å².